The maximum Gasteiger partial charge on any atom is 0.339 e. The van der Waals surface area contributed by atoms with E-state index in [-0.39, 0.29) is 12.2 Å². The van der Waals surface area contributed by atoms with Crippen molar-refractivity contribution < 1.29 is 19.0 Å². The van der Waals surface area contributed by atoms with Crippen molar-refractivity contribution in [1.29, 1.82) is 0 Å². The molecule has 0 spiro atoms. The second-order valence-electron chi connectivity index (χ2n) is 6.53. The summed E-state index contributed by atoms with van der Waals surface area (Å²) in [7, 11) is 3.18. The van der Waals surface area contributed by atoms with Crippen LogP contribution in [0.1, 0.15) is 28.5 Å². The Kier molecular flexibility index (Phi) is 6.16. The van der Waals surface area contributed by atoms with Gasteiger partial charge in [0.1, 0.15) is 0 Å². The van der Waals surface area contributed by atoms with Gasteiger partial charge in [-0.15, -0.1) is 0 Å². The summed E-state index contributed by atoms with van der Waals surface area (Å²) < 4.78 is 17.3. The average molecular weight is 396 g/mol. The highest BCUT2D eigenvalue weighted by Gasteiger charge is 2.15. The smallest absolute Gasteiger partial charge is 0.339 e. The first-order chi connectivity index (χ1) is 14.0. The van der Waals surface area contributed by atoms with E-state index in [1.165, 1.54) is 0 Å². The lowest BCUT2D eigenvalue weighted by molar-refractivity contribution is 0.0525. The normalized spacial score (nSPS) is 10.8. The molecule has 0 aliphatic carbocycles. The first kappa shape index (κ1) is 20.4. The Hall–Kier alpha value is -3.35. The van der Waals surface area contributed by atoms with Crippen molar-refractivity contribution in [3.8, 4) is 11.5 Å². The van der Waals surface area contributed by atoms with E-state index in [1.807, 2.05) is 18.2 Å². The summed E-state index contributed by atoms with van der Waals surface area (Å²) in [6.07, 6.45) is 2.36. The number of esters is 1. The van der Waals surface area contributed by atoms with Crippen LogP contribution in [0.15, 0.2) is 41.3 Å². The third-order valence-corrected chi connectivity index (χ3v) is 4.73. The number of carbonyl (C=O) groups is 1. The topological polar surface area (TPSA) is 79.7 Å². The highest BCUT2D eigenvalue weighted by atomic mass is 16.5. The zero-order valence-corrected chi connectivity index (χ0v) is 17.0. The molecule has 3 aromatic rings. The van der Waals surface area contributed by atoms with Gasteiger partial charge < -0.3 is 18.8 Å². The lowest BCUT2D eigenvalue weighted by atomic mass is 10.1. The number of rotatable bonds is 7. The van der Waals surface area contributed by atoms with Crippen molar-refractivity contribution in [2.75, 3.05) is 20.8 Å². The maximum absolute atomic E-state index is 12.9. The Morgan fingerprint density at radius 1 is 1.10 bits per heavy atom. The van der Waals surface area contributed by atoms with Gasteiger partial charge in [-0.1, -0.05) is 6.07 Å². The number of hydrogen-bond donors (Lipinski definition) is 0. The van der Waals surface area contributed by atoms with E-state index in [0.29, 0.717) is 46.6 Å². The van der Waals surface area contributed by atoms with Crippen LogP contribution in [-0.4, -0.2) is 36.3 Å². The Labute approximate surface area is 168 Å². The number of methoxy groups -OCH3 is 2. The zero-order valence-electron chi connectivity index (χ0n) is 17.0. The quantitative estimate of drug-likeness (QED) is 0.571. The number of hydrogen-bond acceptors (Lipinski definition) is 6. The van der Waals surface area contributed by atoms with Crippen LogP contribution in [0.3, 0.4) is 0 Å². The molecule has 0 N–H and O–H groups in total. The number of fused-ring (bicyclic) bond motifs is 1. The van der Waals surface area contributed by atoms with Crippen molar-refractivity contribution in [1.82, 2.24) is 9.55 Å². The fourth-order valence-electron chi connectivity index (χ4n) is 3.18. The number of aryl methyl sites for hydroxylation is 3. The van der Waals surface area contributed by atoms with Crippen LogP contribution in [0.2, 0.25) is 0 Å². The molecule has 0 radical (unpaired) electrons. The second kappa shape index (κ2) is 8.77. The van der Waals surface area contributed by atoms with E-state index in [2.05, 4.69) is 4.98 Å². The molecule has 2 aromatic heterocycles. The molecule has 2 heterocycles. The van der Waals surface area contributed by atoms with Crippen LogP contribution in [0.25, 0.3) is 10.9 Å². The van der Waals surface area contributed by atoms with Gasteiger partial charge in [-0.2, -0.15) is 0 Å². The van der Waals surface area contributed by atoms with Crippen LogP contribution in [0, 0.1) is 6.92 Å². The lowest BCUT2D eigenvalue weighted by Gasteiger charge is -2.11. The van der Waals surface area contributed by atoms with E-state index in [1.54, 1.807) is 51.0 Å². The van der Waals surface area contributed by atoms with Crippen LogP contribution >= 0.6 is 0 Å². The average Bonchev–Trinajstić information content (AvgIpc) is 2.72. The number of ether oxygens (including phenoxy) is 3. The molecule has 0 aliphatic rings. The fraction of sp³-hybridized carbons (Fsp3) is 0.318. The molecule has 0 saturated carbocycles. The second-order valence-corrected chi connectivity index (χ2v) is 6.53. The summed E-state index contributed by atoms with van der Waals surface area (Å²) in [5.41, 5.74) is 2.24. The molecule has 0 unspecified atom stereocenters. The van der Waals surface area contributed by atoms with Crippen LogP contribution < -0.4 is 15.0 Å². The lowest BCUT2D eigenvalue weighted by Crippen LogP contribution is -2.21. The van der Waals surface area contributed by atoms with Crippen LogP contribution in [0.5, 0.6) is 11.5 Å². The molecular weight excluding hydrogens is 372 g/mol. The third kappa shape index (κ3) is 4.23. The molecule has 3 rings (SSSR count). The Balaban J connectivity index is 1.90. The standard InChI is InChI=1S/C22H24N2O5/c1-5-29-22(26)16-13-17-18(23-14(16)2)9-11-24(21(17)25)10-8-15-6-7-19(27-3)20(12-15)28-4/h6-7,9,11-13H,5,8,10H2,1-4H3. The predicted octanol–water partition coefficient (Wildman–Crippen LogP) is 3.14. The molecule has 0 bridgehead atoms. The minimum atomic E-state index is -0.473. The van der Waals surface area contributed by atoms with Crippen molar-refractivity contribution in [3.05, 3.63) is 63.7 Å². The number of nitrogens with zero attached hydrogens (tertiary/aromatic N) is 2. The number of benzene rings is 1. The van der Waals surface area contributed by atoms with Crippen molar-refractivity contribution in [2.24, 2.45) is 0 Å². The SMILES string of the molecule is CCOC(=O)c1cc2c(=O)n(CCc3ccc(OC)c(OC)c3)ccc2nc1C. The Bertz CT molecular complexity index is 1100. The van der Waals surface area contributed by atoms with Gasteiger partial charge in [0.15, 0.2) is 11.5 Å². The zero-order chi connectivity index (χ0) is 21.0. The monoisotopic (exact) mass is 396 g/mol. The largest absolute Gasteiger partial charge is 0.493 e. The van der Waals surface area contributed by atoms with Gasteiger partial charge in [0, 0.05) is 12.7 Å². The van der Waals surface area contributed by atoms with Gasteiger partial charge in [0.2, 0.25) is 0 Å². The van der Waals surface area contributed by atoms with E-state index in [4.69, 9.17) is 14.2 Å². The van der Waals surface area contributed by atoms with Crippen LogP contribution in [0.4, 0.5) is 0 Å². The van der Waals surface area contributed by atoms with Gasteiger partial charge in [-0.25, -0.2) is 4.79 Å². The molecule has 7 heteroatoms. The van der Waals surface area contributed by atoms with Gasteiger partial charge in [-0.05, 0) is 50.1 Å². The highest BCUT2D eigenvalue weighted by molar-refractivity contribution is 5.94. The number of carbonyl (C=O) groups excluding carboxylic acids is 1. The summed E-state index contributed by atoms with van der Waals surface area (Å²) in [6, 6.07) is 9.04. The molecule has 0 saturated heterocycles. The molecule has 0 atom stereocenters. The molecule has 0 aliphatic heterocycles. The Morgan fingerprint density at radius 2 is 1.86 bits per heavy atom. The summed E-state index contributed by atoms with van der Waals surface area (Å²) in [5, 5.41) is 0.397. The van der Waals surface area contributed by atoms with E-state index >= 15 is 0 Å². The number of pyridine rings is 2. The summed E-state index contributed by atoms with van der Waals surface area (Å²) in [6.45, 7) is 4.21. The van der Waals surface area contributed by atoms with Crippen molar-refractivity contribution >= 4 is 16.9 Å². The molecule has 7 nitrogen and oxygen atoms in total. The molecule has 1 aromatic carbocycles. The predicted molar refractivity (Wildman–Crippen MR) is 110 cm³/mol. The Morgan fingerprint density at radius 3 is 2.55 bits per heavy atom. The van der Waals surface area contributed by atoms with Gasteiger partial charge in [0.25, 0.3) is 5.56 Å². The molecule has 0 fully saturated rings. The maximum atomic E-state index is 12.9. The van der Waals surface area contributed by atoms with Crippen molar-refractivity contribution in [3.63, 3.8) is 0 Å². The van der Waals surface area contributed by atoms with Gasteiger partial charge >= 0.3 is 5.97 Å². The van der Waals surface area contributed by atoms with Crippen molar-refractivity contribution in [2.45, 2.75) is 26.8 Å². The van der Waals surface area contributed by atoms with E-state index < -0.39 is 5.97 Å². The summed E-state index contributed by atoms with van der Waals surface area (Å²) >= 11 is 0. The molecule has 29 heavy (non-hydrogen) atoms. The van der Waals surface area contributed by atoms with Gasteiger partial charge in [-0.3, -0.25) is 9.78 Å². The van der Waals surface area contributed by atoms with E-state index in [9.17, 15) is 9.59 Å². The molecule has 0 amide bonds. The fourth-order valence-corrected chi connectivity index (χ4v) is 3.18. The van der Waals surface area contributed by atoms with Crippen LogP contribution in [-0.2, 0) is 17.7 Å². The minimum Gasteiger partial charge on any atom is -0.493 e. The summed E-state index contributed by atoms with van der Waals surface area (Å²) in [5.74, 6) is 0.834. The molecular formula is C22H24N2O5. The number of aromatic nitrogens is 2. The third-order valence-electron chi connectivity index (χ3n) is 4.73. The van der Waals surface area contributed by atoms with E-state index in [0.717, 1.165) is 5.56 Å². The highest BCUT2D eigenvalue weighted by Crippen LogP contribution is 2.27. The minimum absolute atomic E-state index is 0.193. The first-order valence-corrected chi connectivity index (χ1v) is 9.37. The molecule has 152 valence electrons. The first-order valence-electron chi connectivity index (χ1n) is 9.37. The summed E-state index contributed by atoms with van der Waals surface area (Å²) in [4.78, 5) is 29.5. The van der Waals surface area contributed by atoms with Gasteiger partial charge in [0.05, 0.1) is 43.0 Å².